The molecule has 1 rings (SSSR count). The number of nitrogen functional groups attached to an aromatic ring is 1. The van der Waals surface area contributed by atoms with Gasteiger partial charge < -0.3 is 10.3 Å². The fourth-order valence-electron chi connectivity index (χ4n) is 0.175. The lowest BCUT2D eigenvalue weighted by Crippen LogP contribution is -1.89. The maximum atomic E-state index is 8.74. The first-order chi connectivity index (χ1) is 4.89. The van der Waals surface area contributed by atoms with Crippen molar-refractivity contribution in [1.29, 1.82) is 0 Å². The van der Waals surface area contributed by atoms with Crippen LogP contribution >= 0.6 is 0 Å². The van der Waals surface area contributed by atoms with Crippen LogP contribution in [0.1, 0.15) is 0 Å². The SMILES string of the molecule is Nc1cnno1.O=S(=O)(O)O. The van der Waals surface area contributed by atoms with Crippen LogP contribution in [0.25, 0.3) is 0 Å². The lowest BCUT2D eigenvalue weighted by atomic mass is 10.9. The van der Waals surface area contributed by atoms with Gasteiger partial charge in [0.25, 0.3) is 0 Å². The summed E-state index contributed by atoms with van der Waals surface area (Å²) in [5.41, 5.74) is 4.99. The predicted molar refractivity (Wildman–Crippen MR) is 32.9 cm³/mol. The third-order valence-corrected chi connectivity index (χ3v) is 0.378. The van der Waals surface area contributed by atoms with Gasteiger partial charge in [0.05, 0.1) is 0 Å². The second-order valence-electron chi connectivity index (χ2n) is 1.27. The van der Waals surface area contributed by atoms with Crippen LogP contribution in [0.15, 0.2) is 10.7 Å². The van der Waals surface area contributed by atoms with Crippen molar-refractivity contribution in [1.82, 2.24) is 10.4 Å². The summed E-state index contributed by atoms with van der Waals surface area (Å²) >= 11 is 0. The fourth-order valence-corrected chi connectivity index (χ4v) is 0.175. The van der Waals surface area contributed by atoms with E-state index in [0.717, 1.165) is 0 Å². The smallest absolute Gasteiger partial charge is 0.366 e. The Labute approximate surface area is 61.6 Å². The highest BCUT2D eigenvalue weighted by atomic mass is 32.3. The first-order valence-electron chi connectivity index (χ1n) is 2.12. The molecule has 11 heavy (non-hydrogen) atoms. The summed E-state index contributed by atoms with van der Waals surface area (Å²) in [4.78, 5) is 0. The molecular formula is C2H5N3O5S. The number of hydrogen-bond acceptors (Lipinski definition) is 6. The van der Waals surface area contributed by atoms with E-state index in [4.69, 9.17) is 23.3 Å². The zero-order valence-electron chi connectivity index (χ0n) is 5.08. The molecule has 0 radical (unpaired) electrons. The van der Waals surface area contributed by atoms with E-state index in [-0.39, 0.29) is 5.88 Å². The number of rotatable bonds is 0. The van der Waals surface area contributed by atoms with Gasteiger partial charge in [0, 0.05) is 5.27 Å². The van der Waals surface area contributed by atoms with Gasteiger partial charge >= 0.3 is 10.4 Å². The molecule has 0 amide bonds. The summed E-state index contributed by atoms with van der Waals surface area (Å²) in [7, 11) is -4.67. The van der Waals surface area contributed by atoms with E-state index in [1.165, 1.54) is 6.20 Å². The van der Waals surface area contributed by atoms with Crippen LogP contribution in [-0.4, -0.2) is 27.9 Å². The summed E-state index contributed by atoms with van der Waals surface area (Å²) in [6.45, 7) is 0. The molecule has 0 aromatic carbocycles. The van der Waals surface area contributed by atoms with Crippen LogP contribution in [0, 0.1) is 0 Å². The van der Waals surface area contributed by atoms with E-state index in [0.29, 0.717) is 0 Å². The van der Waals surface area contributed by atoms with Gasteiger partial charge in [0.1, 0.15) is 6.20 Å². The van der Waals surface area contributed by atoms with Crippen molar-refractivity contribution in [2.24, 2.45) is 0 Å². The molecule has 0 fully saturated rings. The molecule has 1 aromatic heterocycles. The minimum absolute atomic E-state index is 0.245. The Morgan fingerprint density at radius 2 is 2.00 bits per heavy atom. The number of anilines is 1. The highest BCUT2D eigenvalue weighted by Gasteiger charge is 1.84. The number of hydrogen-bond donors (Lipinski definition) is 3. The van der Waals surface area contributed by atoms with E-state index >= 15 is 0 Å². The molecule has 4 N–H and O–H groups in total. The zero-order valence-corrected chi connectivity index (χ0v) is 5.89. The van der Waals surface area contributed by atoms with Crippen molar-refractivity contribution in [3.05, 3.63) is 6.20 Å². The highest BCUT2D eigenvalue weighted by Crippen LogP contribution is 1.88. The molecule has 0 atom stereocenters. The third kappa shape index (κ3) is 12.1. The van der Waals surface area contributed by atoms with Crippen LogP contribution < -0.4 is 5.73 Å². The van der Waals surface area contributed by atoms with Crippen molar-refractivity contribution in [3.63, 3.8) is 0 Å². The van der Waals surface area contributed by atoms with Gasteiger partial charge in [-0.15, -0.1) is 5.10 Å². The molecule has 0 aliphatic carbocycles. The van der Waals surface area contributed by atoms with E-state index < -0.39 is 10.4 Å². The van der Waals surface area contributed by atoms with E-state index in [2.05, 4.69) is 14.9 Å². The minimum Gasteiger partial charge on any atom is -0.366 e. The topological polar surface area (TPSA) is 140 Å². The molecule has 0 spiro atoms. The highest BCUT2D eigenvalue weighted by molar-refractivity contribution is 7.79. The molecule has 0 saturated heterocycles. The molecule has 0 saturated carbocycles. The molecule has 0 aliphatic rings. The molecule has 1 heterocycles. The second kappa shape index (κ2) is 3.85. The average Bonchev–Trinajstić information content (AvgIpc) is 2.12. The molecule has 8 nitrogen and oxygen atoms in total. The Bertz CT molecular complexity index is 269. The lowest BCUT2D eigenvalue weighted by Gasteiger charge is -1.68. The zero-order chi connectivity index (χ0) is 8.91. The molecule has 9 heteroatoms. The number of nitrogens with two attached hydrogens (primary N) is 1. The van der Waals surface area contributed by atoms with Crippen molar-refractivity contribution in [2.75, 3.05) is 5.73 Å². The normalized spacial score (nSPS) is 10.0. The molecule has 0 aliphatic heterocycles. The van der Waals surface area contributed by atoms with Crippen LogP contribution in [0.3, 0.4) is 0 Å². The van der Waals surface area contributed by atoms with E-state index in [1.54, 1.807) is 0 Å². The summed E-state index contributed by atoms with van der Waals surface area (Å²) < 4.78 is 35.8. The van der Waals surface area contributed by atoms with Gasteiger partial charge in [0.15, 0.2) is 0 Å². The fraction of sp³-hybridized carbons (Fsp3) is 0. The first kappa shape index (κ1) is 9.81. The van der Waals surface area contributed by atoms with Crippen molar-refractivity contribution < 1.29 is 22.0 Å². The second-order valence-corrected chi connectivity index (χ2v) is 2.16. The van der Waals surface area contributed by atoms with E-state index in [1.807, 2.05) is 0 Å². The Morgan fingerprint density at radius 3 is 2.09 bits per heavy atom. The quantitative estimate of drug-likeness (QED) is 0.435. The van der Waals surface area contributed by atoms with Gasteiger partial charge in [0.2, 0.25) is 5.88 Å². The van der Waals surface area contributed by atoms with Crippen LogP contribution in [-0.2, 0) is 10.4 Å². The average molecular weight is 183 g/mol. The summed E-state index contributed by atoms with van der Waals surface area (Å²) in [5.74, 6) is 0.245. The maximum Gasteiger partial charge on any atom is 0.394 e. The van der Waals surface area contributed by atoms with Crippen LogP contribution in [0.2, 0.25) is 0 Å². The van der Waals surface area contributed by atoms with Crippen molar-refractivity contribution >= 4 is 16.3 Å². The largest absolute Gasteiger partial charge is 0.394 e. The standard InChI is InChI=1S/C2H3N3O.H2O4S/c3-2-1-4-5-6-2;1-5(2,3)4/h1H,3H2;(H2,1,2,3,4). The predicted octanol–water partition coefficient (Wildman–Crippen LogP) is -1.00. The molecule has 64 valence electrons. The molecular weight excluding hydrogens is 178 g/mol. The van der Waals surface area contributed by atoms with E-state index in [9.17, 15) is 0 Å². The Kier molecular flexibility index (Phi) is 3.44. The Balaban J connectivity index is 0.000000187. The van der Waals surface area contributed by atoms with Crippen molar-refractivity contribution in [2.45, 2.75) is 0 Å². The number of aromatic nitrogens is 2. The summed E-state index contributed by atoms with van der Waals surface area (Å²) in [6, 6.07) is 0. The lowest BCUT2D eigenvalue weighted by molar-refractivity contribution is 0.381. The van der Waals surface area contributed by atoms with Gasteiger partial charge in [-0.05, 0) is 0 Å². The van der Waals surface area contributed by atoms with Crippen molar-refractivity contribution in [3.8, 4) is 0 Å². The monoisotopic (exact) mass is 183 g/mol. The Morgan fingerprint density at radius 1 is 1.55 bits per heavy atom. The summed E-state index contributed by atoms with van der Waals surface area (Å²) in [5, 5.41) is 6.35. The van der Waals surface area contributed by atoms with Gasteiger partial charge in [-0.1, -0.05) is 0 Å². The minimum atomic E-state index is -4.67. The van der Waals surface area contributed by atoms with Crippen LogP contribution in [0.4, 0.5) is 5.88 Å². The third-order valence-electron chi connectivity index (χ3n) is 0.378. The molecule has 0 bridgehead atoms. The van der Waals surface area contributed by atoms with Crippen LogP contribution in [0.5, 0.6) is 0 Å². The number of nitrogens with zero attached hydrogens (tertiary/aromatic N) is 2. The molecule has 1 aromatic rings. The molecule has 0 unspecified atom stereocenters. The summed E-state index contributed by atoms with van der Waals surface area (Å²) in [6.07, 6.45) is 1.33. The van der Waals surface area contributed by atoms with Gasteiger partial charge in [-0.2, -0.15) is 8.42 Å². The van der Waals surface area contributed by atoms with Gasteiger partial charge in [-0.25, -0.2) is 0 Å². The Hall–Kier alpha value is -1.19. The van der Waals surface area contributed by atoms with Gasteiger partial charge in [-0.3, -0.25) is 9.11 Å². The first-order valence-corrected chi connectivity index (χ1v) is 3.52. The maximum absolute atomic E-state index is 8.74.